The van der Waals surface area contributed by atoms with Gasteiger partial charge in [0.1, 0.15) is 6.04 Å². The first-order valence-electron chi connectivity index (χ1n) is 9.03. The Morgan fingerprint density at radius 1 is 1.04 bits per heavy atom. The van der Waals surface area contributed by atoms with Gasteiger partial charge in [-0.1, -0.05) is 42.5 Å². The second-order valence-corrected chi connectivity index (χ2v) is 6.77. The van der Waals surface area contributed by atoms with Crippen molar-refractivity contribution in [1.29, 1.82) is 0 Å². The Bertz CT molecular complexity index is 777. The molecule has 2 aromatic rings. The van der Waals surface area contributed by atoms with Crippen molar-refractivity contribution in [1.82, 2.24) is 9.80 Å². The van der Waals surface area contributed by atoms with Gasteiger partial charge < -0.3 is 15.4 Å². The Balaban J connectivity index is 1.70. The molecule has 6 heteroatoms. The van der Waals surface area contributed by atoms with E-state index in [1.54, 1.807) is 24.1 Å². The largest absolute Gasteiger partial charge is 0.380 e. The standard InChI is InChI=1S/C21H25N3O3/c1-27-15-17-7-9-18(10-8-17)21(26)24-12-11-23(14-19(24)20(22)25)13-16-5-3-2-4-6-16/h2-10,19H,11-15H2,1H3,(H2,22,25). The average Bonchev–Trinajstić information content (AvgIpc) is 2.69. The summed E-state index contributed by atoms with van der Waals surface area (Å²) in [6.45, 7) is 2.85. The molecule has 1 unspecified atom stereocenters. The number of ether oxygens (including phenoxy) is 1. The smallest absolute Gasteiger partial charge is 0.254 e. The molecular formula is C21H25N3O3. The van der Waals surface area contributed by atoms with Crippen LogP contribution in [0.3, 0.4) is 0 Å². The maximum absolute atomic E-state index is 12.9. The van der Waals surface area contributed by atoms with Crippen LogP contribution in [0.1, 0.15) is 21.5 Å². The fraction of sp³-hybridized carbons (Fsp3) is 0.333. The van der Waals surface area contributed by atoms with Crippen molar-refractivity contribution in [2.24, 2.45) is 5.73 Å². The molecule has 1 saturated heterocycles. The number of hydrogen-bond acceptors (Lipinski definition) is 4. The average molecular weight is 367 g/mol. The van der Waals surface area contributed by atoms with Crippen molar-refractivity contribution in [2.45, 2.75) is 19.2 Å². The first kappa shape index (κ1) is 19.1. The van der Waals surface area contributed by atoms with Gasteiger partial charge in [-0.25, -0.2) is 0 Å². The van der Waals surface area contributed by atoms with E-state index >= 15 is 0 Å². The number of carbonyl (C=O) groups excluding carboxylic acids is 2. The van der Waals surface area contributed by atoms with Gasteiger partial charge in [-0.3, -0.25) is 14.5 Å². The maximum Gasteiger partial charge on any atom is 0.254 e. The van der Waals surface area contributed by atoms with Crippen LogP contribution >= 0.6 is 0 Å². The number of carbonyl (C=O) groups is 2. The van der Waals surface area contributed by atoms with Gasteiger partial charge in [-0.2, -0.15) is 0 Å². The van der Waals surface area contributed by atoms with E-state index in [0.29, 0.717) is 31.8 Å². The number of nitrogens with two attached hydrogens (primary N) is 1. The molecule has 27 heavy (non-hydrogen) atoms. The highest BCUT2D eigenvalue weighted by atomic mass is 16.5. The number of piperazine rings is 1. The Morgan fingerprint density at radius 2 is 1.74 bits per heavy atom. The summed E-state index contributed by atoms with van der Waals surface area (Å²) >= 11 is 0. The highest BCUT2D eigenvalue weighted by Gasteiger charge is 2.34. The minimum absolute atomic E-state index is 0.165. The number of amides is 2. The number of hydrogen-bond donors (Lipinski definition) is 1. The number of benzene rings is 2. The molecule has 2 N–H and O–H groups in total. The summed E-state index contributed by atoms with van der Waals surface area (Å²) in [6.07, 6.45) is 0. The summed E-state index contributed by atoms with van der Waals surface area (Å²) in [5.41, 5.74) is 8.34. The first-order valence-corrected chi connectivity index (χ1v) is 9.03. The highest BCUT2D eigenvalue weighted by molar-refractivity contribution is 5.97. The van der Waals surface area contributed by atoms with Crippen LogP contribution in [0.4, 0.5) is 0 Å². The first-order chi connectivity index (χ1) is 13.1. The zero-order valence-electron chi connectivity index (χ0n) is 15.5. The van der Waals surface area contributed by atoms with E-state index in [-0.39, 0.29) is 5.91 Å². The SMILES string of the molecule is COCc1ccc(C(=O)N2CCN(Cc3ccccc3)CC2C(N)=O)cc1. The Morgan fingerprint density at radius 3 is 2.37 bits per heavy atom. The van der Waals surface area contributed by atoms with Gasteiger partial charge in [0.25, 0.3) is 5.91 Å². The fourth-order valence-corrected chi connectivity index (χ4v) is 3.39. The summed E-state index contributed by atoms with van der Waals surface area (Å²) in [5, 5.41) is 0. The lowest BCUT2D eigenvalue weighted by molar-refractivity contribution is -0.124. The molecule has 0 spiro atoms. The molecule has 2 amide bonds. The van der Waals surface area contributed by atoms with Gasteiger partial charge in [0.05, 0.1) is 6.61 Å². The van der Waals surface area contributed by atoms with Gasteiger partial charge in [0, 0.05) is 38.9 Å². The quantitative estimate of drug-likeness (QED) is 0.842. The van der Waals surface area contributed by atoms with Crippen molar-refractivity contribution in [3.63, 3.8) is 0 Å². The molecule has 0 aliphatic carbocycles. The van der Waals surface area contributed by atoms with Gasteiger partial charge in [0.15, 0.2) is 0 Å². The second-order valence-electron chi connectivity index (χ2n) is 6.77. The Kier molecular flexibility index (Phi) is 6.21. The molecule has 1 heterocycles. The number of primary amides is 1. The van der Waals surface area contributed by atoms with Crippen molar-refractivity contribution in [2.75, 3.05) is 26.7 Å². The van der Waals surface area contributed by atoms with Crippen molar-refractivity contribution in [3.05, 3.63) is 71.3 Å². The van der Waals surface area contributed by atoms with Crippen LogP contribution in [0, 0.1) is 0 Å². The third kappa shape index (κ3) is 4.72. The summed E-state index contributed by atoms with van der Waals surface area (Å²) in [6, 6.07) is 16.7. The summed E-state index contributed by atoms with van der Waals surface area (Å²) in [7, 11) is 1.63. The molecular weight excluding hydrogens is 342 g/mol. The number of methoxy groups -OCH3 is 1. The van der Waals surface area contributed by atoms with E-state index in [0.717, 1.165) is 12.1 Å². The third-order valence-corrected chi connectivity index (χ3v) is 4.81. The summed E-state index contributed by atoms with van der Waals surface area (Å²) in [5.74, 6) is -0.640. The zero-order valence-corrected chi connectivity index (χ0v) is 15.5. The molecule has 0 saturated carbocycles. The van der Waals surface area contributed by atoms with Crippen LogP contribution in [-0.2, 0) is 22.7 Å². The highest BCUT2D eigenvalue weighted by Crippen LogP contribution is 2.17. The van der Waals surface area contributed by atoms with Crippen LogP contribution in [0.15, 0.2) is 54.6 Å². The molecule has 142 valence electrons. The molecule has 1 aliphatic heterocycles. The predicted octanol–water partition coefficient (Wildman–Crippen LogP) is 1.64. The third-order valence-electron chi connectivity index (χ3n) is 4.81. The Labute approximate surface area is 159 Å². The maximum atomic E-state index is 12.9. The molecule has 0 radical (unpaired) electrons. The second kappa shape index (κ2) is 8.79. The topological polar surface area (TPSA) is 75.9 Å². The van der Waals surface area contributed by atoms with Gasteiger partial charge in [-0.05, 0) is 23.3 Å². The van der Waals surface area contributed by atoms with Crippen molar-refractivity contribution >= 4 is 11.8 Å². The molecule has 0 bridgehead atoms. The van der Waals surface area contributed by atoms with E-state index in [9.17, 15) is 9.59 Å². The van der Waals surface area contributed by atoms with E-state index in [1.807, 2.05) is 30.3 Å². The normalized spacial score (nSPS) is 17.7. The van der Waals surface area contributed by atoms with Gasteiger partial charge in [0.2, 0.25) is 5.91 Å². The van der Waals surface area contributed by atoms with E-state index in [2.05, 4.69) is 17.0 Å². The molecule has 2 aromatic carbocycles. The predicted molar refractivity (Wildman–Crippen MR) is 103 cm³/mol. The van der Waals surface area contributed by atoms with Crippen LogP contribution in [-0.4, -0.2) is 54.4 Å². The molecule has 1 aliphatic rings. The molecule has 1 atom stereocenters. The number of nitrogens with zero attached hydrogens (tertiary/aromatic N) is 2. The zero-order chi connectivity index (χ0) is 19.2. The molecule has 6 nitrogen and oxygen atoms in total. The molecule has 0 aromatic heterocycles. The van der Waals surface area contributed by atoms with Gasteiger partial charge >= 0.3 is 0 Å². The summed E-state index contributed by atoms with van der Waals surface area (Å²) < 4.78 is 5.09. The van der Waals surface area contributed by atoms with Crippen LogP contribution in [0.5, 0.6) is 0 Å². The number of rotatable bonds is 6. The summed E-state index contributed by atoms with van der Waals surface area (Å²) in [4.78, 5) is 28.7. The van der Waals surface area contributed by atoms with E-state index in [4.69, 9.17) is 10.5 Å². The van der Waals surface area contributed by atoms with Crippen LogP contribution < -0.4 is 5.73 Å². The van der Waals surface area contributed by atoms with Crippen molar-refractivity contribution in [3.8, 4) is 0 Å². The fourth-order valence-electron chi connectivity index (χ4n) is 3.39. The lowest BCUT2D eigenvalue weighted by Gasteiger charge is -2.40. The monoisotopic (exact) mass is 367 g/mol. The minimum Gasteiger partial charge on any atom is -0.380 e. The lowest BCUT2D eigenvalue weighted by atomic mass is 10.1. The van der Waals surface area contributed by atoms with E-state index in [1.165, 1.54) is 5.56 Å². The van der Waals surface area contributed by atoms with Crippen molar-refractivity contribution < 1.29 is 14.3 Å². The van der Waals surface area contributed by atoms with Crippen LogP contribution in [0.25, 0.3) is 0 Å². The van der Waals surface area contributed by atoms with Gasteiger partial charge in [-0.15, -0.1) is 0 Å². The minimum atomic E-state index is -0.631. The molecule has 1 fully saturated rings. The Hall–Kier alpha value is -2.70. The van der Waals surface area contributed by atoms with E-state index < -0.39 is 11.9 Å². The van der Waals surface area contributed by atoms with Crippen LogP contribution in [0.2, 0.25) is 0 Å². The molecule has 3 rings (SSSR count). The lowest BCUT2D eigenvalue weighted by Crippen LogP contribution is -2.59.